The van der Waals surface area contributed by atoms with E-state index in [1.165, 1.54) is 17.0 Å². The molecule has 3 aromatic carbocycles. The van der Waals surface area contributed by atoms with E-state index >= 15 is 0 Å². The van der Waals surface area contributed by atoms with Crippen LogP contribution < -0.4 is 9.62 Å². The first-order valence-electron chi connectivity index (χ1n) is 11.5. The summed E-state index contributed by atoms with van der Waals surface area (Å²) in [4.78, 5) is 28.0. The fourth-order valence-electron chi connectivity index (χ4n) is 3.61. The zero-order chi connectivity index (χ0) is 25.4. The summed E-state index contributed by atoms with van der Waals surface area (Å²) in [7, 11) is -4.04. The first kappa shape index (κ1) is 26.0. The fraction of sp³-hybridized carbons (Fsp3) is 0.259. The average Bonchev–Trinajstić information content (AvgIpc) is 2.86. The summed E-state index contributed by atoms with van der Waals surface area (Å²) in [5, 5.41) is 2.84. The Balaban J connectivity index is 1.98. The minimum Gasteiger partial charge on any atom is -0.352 e. The van der Waals surface area contributed by atoms with Crippen LogP contribution in [0.4, 0.5) is 5.69 Å². The summed E-state index contributed by atoms with van der Waals surface area (Å²) in [5.41, 5.74) is 1.20. The highest BCUT2D eigenvalue weighted by Crippen LogP contribution is 2.24. The molecule has 8 heteroatoms. The Labute approximate surface area is 207 Å². The van der Waals surface area contributed by atoms with Gasteiger partial charge in [0.25, 0.3) is 10.0 Å². The Kier molecular flexibility index (Phi) is 8.65. The topological polar surface area (TPSA) is 86.8 Å². The third-order valence-electron chi connectivity index (χ3n) is 5.45. The molecule has 1 atom stereocenters. The van der Waals surface area contributed by atoms with Gasteiger partial charge in [0.2, 0.25) is 11.8 Å². The fourth-order valence-corrected chi connectivity index (χ4v) is 5.05. The minimum absolute atomic E-state index is 0.0804. The number of benzene rings is 3. The molecule has 1 N–H and O–H groups in total. The van der Waals surface area contributed by atoms with Gasteiger partial charge in [-0.05, 0) is 50.6 Å². The number of amides is 2. The number of carbonyl (C=O) groups excluding carboxylic acids is 2. The van der Waals surface area contributed by atoms with Crippen molar-refractivity contribution >= 4 is 27.5 Å². The maximum Gasteiger partial charge on any atom is 0.264 e. The van der Waals surface area contributed by atoms with Gasteiger partial charge in [-0.15, -0.1) is 0 Å². The monoisotopic (exact) mass is 493 g/mol. The number of hydrogen-bond acceptors (Lipinski definition) is 4. The van der Waals surface area contributed by atoms with E-state index in [1.807, 2.05) is 44.2 Å². The van der Waals surface area contributed by atoms with E-state index in [0.29, 0.717) is 5.69 Å². The van der Waals surface area contributed by atoms with Crippen molar-refractivity contribution in [1.82, 2.24) is 10.2 Å². The second-order valence-corrected chi connectivity index (χ2v) is 10.4. The molecule has 0 aliphatic heterocycles. The summed E-state index contributed by atoms with van der Waals surface area (Å²) in [5.74, 6) is -0.787. The first-order valence-corrected chi connectivity index (χ1v) is 12.9. The smallest absolute Gasteiger partial charge is 0.264 e. The van der Waals surface area contributed by atoms with Crippen LogP contribution in [-0.2, 0) is 26.2 Å². The molecule has 0 aliphatic rings. The molecule has 0 bridgehead atoms. The Morgan fingerprint density at radius 1 is 0.800 bits per heavy atom. The predicted octanol–water partition coefficient (Wildman–Crippen LogP) is 3.82. The van der Waals surface area contributed by atoms with Crippen molar-refractivity contribution in [2.75, 3.05) is 10.8 Å². The zero-order valence-corrected chi connectivity index (χ0v) is 21.0. The van der Waals surface area contributed by atoms with Crippen LogP contribution in [0, 0.1) is 0 Å². The maximum atomic E-state index is 13.7. The molecule has 3 aromatic rings. The quantitative estimate of drug-likeness (QED) is 0.465. The molecule has 184 valence electrons. The van der Waals surface area contributed by atoms with Gasteiger partial charge in [0.15, 0.2) is 0 Å². The molecule has 0 aromatic heterocycles. The maximum absolute atomic E-state index is 13.7. The number of nitrogens with zero attached hydrogens (tertiary/aromatic N) is 2. The average molecular weight is 494 g/mol. The summed E-state index contributed by atoms with van der Waals surface area (Å²) in [6.07, 6.45) is 0. The van der Waals surface area contributed by atoms with Gasteiger partial charge in [0.05, 0.1) is 10.6 Å². The van der Waals surface area contributed by atoms with Gasteiger partial charge < -0.3 is 10.2 Å². The number of para-hydroxylation sites is 1. The normalized spacial score (nSPS) is 12.1. The van der Waals surface area contributed by atoms with Crippen LogP contribution in [0.5, 0.6) is 0 Å². The molecular weight excluding hydrogens is 462 g/mol. The predicted molar refractivity (Wildman–Crippen MR) is 137 cm³/mol. The van der Waals surface area contributed by atoms with E-state index in [1.54, 1.807) is 55.5 Å². The largest absolute Gasteiger partial charge is 0.352 e. The van der Waals surface area contributed by atoms with E-state index in [2.05, 4.69) is 5.32 Å². The Hall–Kier alpha value is -3.65. The molecule has 0 radical (unpaired) electrons. The molecule has 0 saturated heterocycles. The van der Waals surface area contributed by atoms with Crippen molar-refractivity contribution < 1.29 is 18.0 Å². The highest BCUT2D eigenvalue weighted by molar-refractivity contribution is 7.92. The second kappa shape index (κ2) is 11.7. The van der Waals surface area contributed by atoms with Crippen molar-refractivity contribution in [3.63, 3.8) is 0 Å². The Bertz CT molecular complexity index is 1220. The second-order valence-electron chi connectivity index (χ2n) is 8.51. The number of anilines is 1. The molecule has 2 amide bonds. The number of sulfonamides is 1. The molecule has 0 heterocycles. The van der Waals surface area contributed by atoms with Crippen LogP contribution in [0.3, 0.4) is 0 Å². The van der Waals surface area contributed by atoms with Crippen molar-refractivity contribution in [3.8, 4) is 0 Å². The highest BCUT2D eigenvalue weighted by Gasteiger charge is 2.32. The summed E-state index contributed by atoms with van der Waals surface area (Å²) < 4.78 is 28.2. The Morgan fingerprint density at radius 2 is 1.31 bits per heavy atom. The molecule has 0 aliphatic carbocycles. The third-order valence-corrected chi connectivity index (χ3v) is 7.24. The van der Waals surface area contributed by atoms with E-state index in [0.717, 1.165) is 9.87 Å². The standard InChI is InChI=1S/C27H31N3O4S/c1-21(2)28-27(32)22(3)29(19-23-13-7-4-8-14-23)26(31)20-30(24-15-9-5-10-16-24)35(33,34)25-17-11-6-12-18-25/h4-18,21-22H,19-20H2,1-3H3,(H,28,32)/t22-/m0/s1. The van der Waals surface area contributed by atoms with E-state index in [-0.39, 0.29) is 23.4 Å². The minimum atomic E-state index is -4.04. The third kappa shape index (κ3) is 6.70. The highest BCUT2D eigenvalue weighted by atomic mass is 32.2. The Morgan fingerprint density at radius 3 is 1.86 bits per heavy atom. The summed E-state index contributed by atoms with van der Waals surface area (Å²) in [6, 6.07) is 24.9. The summed E-state index contributed by atoms with van der Waals surface area (Å²) in [6.45, 7) is 5.06. The molecule has 0 fully saturated rings. The lowest BCUT2D eigenvalue weighted by Gasteiger charge is -2.32. The van der Waals surface area contributed by atoms with Crippen molar-refractivity contribution in [2.45, 2.75) is 44.3 Å². The van der Waals surface area contributed by atoms with Gasteiger partial charge in [-0.3, -0.25) is 13.9 Å². The molecular formula is C27H31N3O4S. The van der Waals surface area contributed by atoms with Gasteiger partial charge >= 0.3 is 0 Å². The molecule has 0 unspecified atom stereocenters. The van der Waals surface area contributed by atoms with Crippen LogP contribution in [0.2, 0.25) is 0 Å². The van der Waals surface area contributed by atoms with E-state index < -0.39 is 28.5 Å². The molecule has 0 saturated carbocycles. The van der Waals surface area contributed by atoms with Gasteiger partial charge in [-0.25, -0.2) is 8.42 Å². The molecule has 3 rings (SSSR count). The number of nitrogens with one attached hydrogen (secondary N) is 1. The van der Waals surface area contributed by atoms with Crippen LogP contribution >= 0.6 is 0 Å². The van der Waals surface area contributed by atoms with Crippen molar-refractivity contribution in [2.24, 2.45) is 0 Å². The van der Waals surface area contributed by atoms with E-state index in [9.17, 15) is 18.0 Å². The number of carbonyl (C=O) groups is 2. The molecule has 35 heavy (non-hydrogen) atoms. The lowest BCUT2D eigenvalue weighted by Crippen LogP contribution is -2.52. The lowest BCUT2D eigenvalue weighted by molar-refractivity contribution is -0.139. The van der Waals surface area contributed by atoms with Gasteiger partial charge in [0, 0.05) is 12.6 Å². The SMILES string of the molecule is CC(C)NC(=O)[C@H](C)N(Cc1ccccc1)C(=O)CN(c1ccccc1)S(=O)(=O)c1ccccc1. The lowest BCUT2D eigenvalue weighted by atomic mass is 10.1. The van der Waals surface area contributed by atoms with Gasteiger partial charge in [-0.1, -0.05) is 66.7 Å². The van der Waals surface area contributed by atoms with Gasteiger partial charge in [0.1, 0.15) is 12.6 Å². The number of rotatable bonds is 10. The van der Waals surface area contributed by atoms with Crippen LogP contribution in [0.1, 0.15) is 26.3 Å². The van der Waals surface area contributed by atoms with E-state index in [4.69, 9.17) is 0 Å². The van der Waals surface area contributed by atoms with Crippen LogP contribution in [0.25, 0.3) is 0 Å². The van der Waals surface area contributed by atoms with Gasteiger partial charge in [-0.2, -0.15) is 0 Å². The molecule has 7 nitrogen and oxygen atoms in total. The van der Waals surface area contributed by atoms with Crippen LogP contribution in [0.15, 0.2) is 95.9 Å². The zero-order valence-electron chi connectivity index (χ0n) is 20.2. The first-order chi connectivity index (χ1) is 16.7. The van der Waals surface area contributed by atoms with Crippen molar-refractivity contribution in [1.29, 1.82) is 0 Å². The number of hydrogen-bond donors (Lipinski definition) is 1. The molecule has 0 spiro atoms. The van der Waals surface area contributed by atoms with Crippen LogP contribution in [-0.4, -0.2) is 43.8 Å². The van der Waals surface area contributed by atoms with Crippen molar-refractivity contribution in [3.05, 3.63) is 96.6 Å². The summed E-state index contributed by atoms with van der Waals surface area (Å²) >= 11 is 0.